The number of fused-ring (bicyclic) bond motifs is 1. The lowest BCUT2D eigenvalue weighted by molar-refractivity contribution is 0.353. The largest absolute Gasteiger partial charge is 0.508 e. The Bertz CT molecular complexity index is 1120. The normalized spacial score (nSPS) is 19.6. The first-order valence-corrected chi connectivity index (χ1v) is 13.9. The minimum absolute atomic E-state index is 0.0846. The van der Waals surface area contributed by atoms with Crippen LogP contribution in [0.4, 0.5) is 0 Å². The number of ether oxygens (including phenoxy) is 1. The molecule has 0 bridgehead atoms. The fraction of sp³-hybridized carbons (Fsp3) is 0.455. The van der Waals surface area contributed by atoms with Crippen molar-refractivity contribution in [3.05, 3.63) is 24.3 Å². The zero-order chi connectivity index (χ0) is 25.6. The van der Waals surface area contributed by atoms with E-state index in [1.54, 1.807) is 20.8 Å². The Balaban J connectivity index is 0.000000234. The van der Waals surface area contributed by atoms with Crippen molar-refractivity contribution < 1.29 is 44.5 Å². The lowest BCUT2D eigenvalue weighted by Crippen LogP contribution is -2.25. The maximum absolute atomic E-state index is 12.8. The number of hydrogen-bond acceptors (Lipinski definition) is 9. The summed E-state index contributed by atoms with van der Waals surface area (Å²) >= 11 is 0. The highest BCUT2D eigenvalue weighted by atomic mass is 31.2. The smallest absolute Gasteiger partial charge is 0.163 e. The van der Waals surface area contributed by atoms with E-state index >= 15 is 0 Å². The molecule has 1 aliphatic rings. The van der Waals surface area contributed by atoms with Crippen LogP contribution >= 0.6 is 14.3 Å². The van der Waals surface area contributed by atoms with Crippen molar-refractivity contribution >= 4 is 24.9 Å². The standard InChI is InChI=1S/C11H17O5P.C11H15O4P/c1-11(2,3)17(16,6-12)10-8(14)4-7(13)5-9(10)15;1-11(2,3)16(14)6-15-9-5-7(12)4-8(13)10(9)16/h4-5,12-15H,6H2,1-3H3;4-5,12-13H,6H2,1-3H3. The average molecular weight is 502 g/mol. The van der Waals surface area contributed by atoms with E-state index in [0.717, 1.165) is 12.1 Å². The van der Waals surface area contributed by atoms with E-state index in [2.05, 4.69) is 0 Å². The Labute approximate surface area is 193 Å². The lowest BCUT2D eigenvalue weighted by Gasteiger charge is -2.30. The summed E-state index contributed by atoms with van der Waals surface area (Å²) in [5.41, 5.74) is 0. The van der Waals surface area contributed by atoms with Crippen LogP contribution in [0.1, 0.15) is 41.5 Å². The minimum Gasteiger partial charge on any atom is -0.508 e. The molecule has 0 saturated heterocycles. The molecule has 1 aliphatic heterocycles. The van der Waals surface area contributed by atoms with Crippen molar-refractivity contribution in [3.8, 4) is 34.5 Å². The first-order chi connectivity index (χ1) is 14.9. The number of aromatic hydroxyl groups is 5. The van der Waals surface area contributed by atoms with Crippen LogP contribution in [-0.4, -0.2) is 53.6 Å². The quantitative estimate of drug-likeness (QED) is 0.335. The van der Waals surface area contributed by atoms with Crippen molar-refractivity contribution in [2.24, 2.45) is 0 Å². The summed E-state index contributed by atoms with van der Waals surface area (Å²) in [6.45, 7) is 10.5. The molecule has 0 aliphatic carbocycles. The number of phenols is 5. The van der Waals surface area contributed by atoms with E-state index in [1.165, 1.54) is 12.1 Å². The number of hydrogen-bond donors (Lipinski definition) is 6. The molecule has 6 N–H and O–H groups in total. The molecule has 33 heavy (non-hydrogen) atoms. The average Bonchev–Trinajstić information content (AvgIpc) is 2.98. The van der Waals surface area contributed by atoms with E-state index in [-0.39, 0.29) is 28.9 Å². The van der Waals surface area contributed by atoms with E-state index in [1.807, 2.05) is 20.8 Å². The minimum atomic E-state index is -3.39. The summed E-state index contributed by atoms with van der Waals surface area (Å²) in [4.78, 5) is 0. The first kappa shape index (κ1) is 26.9. The van der Waals surface area contributed by atoms with Crippen LogP contribution in [0.25, 0.3) is 0 Å². The summed E-state index contributed by atoms with van der Waals surface area (Å²) in [5.74, 6) is -1.19. The van der Waals surface area contributed by atoms with Gasteiger partial charge in [-0.1, -0.05) is 41.5 Å². The van der Waals surface area contributed by atoms with E-state index in [4.69, 9.17) is 4.74 Å². The highest BCUT2D eigenvalue weighted by Crippen LogP contribution is 2.63. The number of benzene rings is 2. The van der Waals surface area contributed by atoms with E-state index in [9.17, 15) is 39.8 Å². The van der Waals surface area contributed by atoms with Crippen LogP contribution in [0.15, 0.2) is 24.3 Å². The zero-order valence-electron chi connectivity index (χ0n) is 19.5. The van der Waals surface area contributed by atoms with Gasteiger partial charge < -0.3 is 44.5 Å². The molecular formula is C22H32O9P2. The van der Waals surface area contributed by atoms with Crippen LogP contribution in [0.3, 0.4) is 0 Å². The molecule has 184 valence electrons. The van der Waals surface area contributed by atoms with Gasteiger partial charge in [0.05, 0.1) is 10.6 Å². The second-order valence-corrected chi connectivity index (χ2v) is 17.0. The molecule has 0 amide bonds. The second kappa shape index (κ2) is 8.79. The summed E-state index contributed by atoms with van der Waals surface area (Å²) in [6, 6.07) is 4.57. The fourth-order valence-electron chi connectivity index (χ4n) is 3.38. The Morgan fingerprint density at radius 1 is 0.879 bits per heavy atom. The first-order valence-electron chi connectivity index (χ1n) is 10.1. The van der Waals surface area contributed by atoms with Crippen molar-refractivity contribution in [3.63, 3.8) is 0 Å². The maximum atomic E-state index is 12.8. The number of aliphatic hydroxyl groups excluding tert-OH is 1. The molecule has 3 rings (SSSR count). The molecule has 2 aromatic rings. The van der Waals surface area contributed by atoms with Gasteiger partial charge >= 0.3 is 0 Å². The molecule has 0 aromatic heterocycles. The van der Waals surface area contributed by atoms with Crippen molar-refractivity contribution in [1.82, 2.24) is 0 Å². The van der Waals surface area contributed by atoms with Gasteiger partial charge in [-0.2, -0.15) is 0 Å². The van der Waals surface area contributed by atoms with Crippen LogP contribution in [0.2, 0.25) is 0 Å². The van der Waals surface area contributed by atoms with E-state index in [0.29, 0.717) is 11.1 Å². The molecular weight excluding hydrogens is 470 g/mol. The molecule has 2 unspecified atom stereocenters. The Morgan fingerprint density at radius 2 is 1.33 bits per heavy atom. The van der Waals surface area contributed by atoms with Crippen LogP contribution in [-0.2, 0) is 9.13 Å². The van der Waals surface area contributed by atoms with Crippen LogP contribution in [0, 0.1) is 0 Å². The number of aliphatic hydroxyl groups is 1. The van der Waals surface area contributed by atoms with Gasteiger partial charge in [-0.05, 0) is 0 Å². The van der Waals surface area contributed by atoms with Gasteiger partial charge in [0.2, 0.25) is 0 Å². The summed E-state index contributed by atoms with van der Waals surface area (Å²) in [7, 11) is -6.17. The van der Waals surface area contributed by atoms with Gasteiger partial charge in [0.25, 0.3) is 0 Å². The molecule has 9 nitrogen and oxygen atoms in total. The van der Waals surface area contributed by atoms with Crippen LogP contribution < -0.4 is 15.3 Å². The predicted molar refractivity (Wildman–Crippen MR) is 128 cm³/mol. The summed E-state index contributed by atoms with van der Waals surface area (Å²) in [5, 5.41) is 55.9. The van der Waals surface area contributed by atoms with Gasteiger partial charge in [-0.25, -0.2) is 0 Å². The monoisotopic (exact) mass is 502 g/mol. The van der Waals surface area contributed by atoms with Crippen molar-refractivity contribution in [1.29, 1.82) is 0 Å². The highest BCUT2D eigenvalue weighted by Gasteiger charge is 2.47. The van der Waals surface area contributed by atoms with Crippen LogP contribution in [0.5, 0.6) is 34.5 Å². The predicted octanol–water partition coefficient (Wildman–Crippen LogP) is 3.77. The molecule has 0 spiro atoms. The van der Waals surface area contributed by atoms with Gasteiger partial charge in [0.15, 0.2) is 14.3 Å². The third kappa shape index (κ3) is 4.81. The Morgan fingerprint density at radius 3 is 1.76 bits per heavy atom. The van der Waals surface area contributed by atoms with Gasteiger partial charge in [-0.15, -0.1) is 0 Å². The number of rotatable bonds is 2. The molecule has 11 heteroatoms. The lowest BCUT2D eigenvalue weighted by atomic mass is 10.2. The SMILES string of the molecule is CC(C)(C)P(=O)(CO)c1c(O)cc(O)cc1O.CC(C)(C)P1(=O)COc2cc(O)cc(O)c21. The van der Waals surface area contributed by atoms with Crippen molar-refractivity contribution in [2.75, 3.05) is 12.7 Å². The Kier molecular flexibility index (Phi) is 7.16. The molecule has 0 fully saturated rings. The third-order valence-electron chi connectivity index (χ3n) is 5.58. The fourth-order valence-corrected chi connectivity index (χ4v) is 7.92. The molecule has 2 atom stereocenters. The topological polar surface area (TPSA) is 165 Å². The maximum Gasteiger partial charge on any atom is 0.163 e. The highest BCUT2D eigenvalue weighted by molar-refractivity contribution is 7.73. The van der Waals surface area contributed by atoms with Gasteiger partial charge in [0, 0.05) is 34.6 Å². The molecule has 1 heterocycles. The number of phenolic OH excluding ortho intramolecular Hbond substituents is 5. The molecule has 0 radical (unpaired) electrons. The second-order valence-electron chi connectivity index (χ2n) is 9.88. The third-order valence-corrected chi connectivity index (χ3v) is 13.2. The summed E-state index contributed by atoms with van der Waals surface area (Å²) in [6.07, 6.45) is -0.578. The van der Waals surface area contributed by atoms with Gasteiger partial charge in [0.1, 0.15) is 47.2 Å². The van der Waals surface area contributed by atoms with E-state index < -0.39 is 42.4 Å². The van der Waals surface area contributed by atoms with Gasteiger partial charge in [-0.3, -0.25) is 0 Å². The van der Waals surface area contributed by atoms with Crippen molar-refractivity contribution in [2.45, 2.75) is 51.9 Å². The molecule has 2 aromatic carbocycles. The zero-order valence-corrected chi connectivity index (χ0v) is 21.3. The Hall–Kier alpha value is -2.34. The molecule has 0 saturated carbocycles. The summed E-state index contributed by atoms with van der Waals surface area (Å²) < 4.78 is 30.8.